The van der Waals surface area contributed by atoms with Crippen LogP contribution in [0.15, 0.2) is 12.1 Å². The van der Waals surface area contributed by atoms with Gasteiger partial charge in [-0.3, -0.25) is 4.79 Å². The Labute approximate surface area is 198 Å². The summed E-state index contributed by atoms with van der Waals surface area (Å²) in [6.07, 6.45) is 4.89. The van der Waals surface area contributed by atoms with Gasteiger partial charge in [0.1, 0.15) is 29.8 Å². The molecule has 0 aliphatic heterocycles. The number of ether oxygens (including phenoxy) is 2. The lowest BCUT2D eigenvalue weighted by Crippen LogP contribution is -2.34. The van der Waals surface area contributed by atoms with Crippen LogP contribution in [0.1, 0.15) is 43.5 Å². The van der Waals surface area contributed by atoms with Gasteiger partial charge in [0.25, 0.3) is 0 Å². The number of hydrogen-bond donors (Lipinski definition) is 1. The fourth-order valence-electron chi connectivity index (χ4n) is 5.40. The lowest BCUT2D eigenvalue weighted by atomic mass is 9.85. The van der Waals surface area contributed by atoms with Gasteiger partial charge in [0.05, 0.1) is 17.3 Å². The van der Waals surface area contributed by atoms with Crippen LogP contribution >= 0.6 is 0 Å². The van der Waals surface area contributed by atoms with Crippen molar-refractivity contribution < 1.29 is 24.2 Å². The summed E-state index contributed by atoms with van der Waals surface area (Å²) in [7, 11) is 3.52. The van der Waals surface area contributed by atoms with Gasteiger partial charge in [-0.15, -0.1) is 5.10 Å². The van der Waals surface area contributed by atoms with Crippen LogP contribution in [0, 0.1) is 30.6 Å². The number of nitrogens with zero attached hydrogens (tertiary/aromatic N) is 5. The number of rotatable bonds is 8. The van der Waals surface area contributed by atoms with Crippen LogP contribution in [0.2, 0.25) is 0 Å². The second kappa shape index (κ2) is 8.88. The van der Waals surface area contributed by atoms with Crippen molar-refractivity contribution in [1.82, 2.24) is 24.9 Å². The molecular weight excluding hydrogens is 438 g/mol. The third-order valence-corrected chi connectivity index (χ3v) is 7.63. The minimum atomic E-state index is -0.724. The topological polar surface area (TPSA) is 120 Å². The van der Waals surface area contributed by atoms with Gasteiger partial charge in [0, 0.05) is 26.6 Å². The molecule has 0 saturated heterocycles. The number of aromatic nitrogens is 4. The molecule has 2 heterocycles. The monoisotopic (exact) mass is 469 g/mol. The maximum Gasteiger partial charge on any atom is 0.409 e. The Kier molecular flexibility index (Phi) is 5.91. The number of aliphatic carboxylic acids is 1. The van der Waals surface area contributed by atoms with Crippen molar-refractivity contribution >= 4 is 12.1 Å². The van der Waals surface area contributed by atoms with Crippen molar-refractivity contribution in [2.45, 2.75) is 51.7 Å². The van der Waals surface area contributed by atoms with Gasteiger partial charge < -0.3 is 19.5 Å². The molecule has 1 amide bonds. The van der Waals surface area contributed by atoms with E-state index in [1.165, 1.54) is 19.3 Å². The molecule has 3 aliphatic rings. The fourth-order valence-corrected chi connectivity index (χ4v) is 5.40. The molecule has 34 heavy (non-hydrogen) atoms. The van der Waals surface area contributed by atoms with E-state index in [4.69, 9.17) is 9.47 Å². The Hall–Kier alpha value is -3.17. The molecule has 0 aromatic carbocycles. The average molecular weight is 470 g/mol. The number of amides is 1. The quantitative estimate of drug-likeness (QED) is 0.626. The summed E-state index contributed by atoms with van der Waals surface area (Å²) in [5, 5.41) is 17.7. The molecule has 5 rings (SSSR count). The highest BCUT2D eigenvalue weighted by atomic mass is 16.6. The Bertz CT molecular complexity index is 1100. The number of carbonyl (C=O) groups excluding carboxylic acids is 1. The van der Waals surface area contributed by atoms with Gasteiger partial charge in [-0.1, -0.05) is 11.6 Å². The van der Waals surface area contributed by atoms with Gasteiger partial charge in [-0.05, 0) is 56.6 Å². The van der Waals surface area contributed by atoms with Gasteiger partial charge >= 0.3 is 12.1 Å². The molecule has 1 unspecified atom stereocenters. The van der Waals surface area contributed by atoms with Crippen molar-refractivity contribution in [3.63, 3.8) is 0 Å². The van der Waals surface area contributed by atoms with E-state index in [-0.39, 0.29) is 36.6 Å². The summed E-state index contributed by atoms with van der Waals surface area (Å²) >= 11 is 0. The zero-order valence-corrected chi connectivity index (χ0v) is 19.8. The highest BCUT2D eigenvalue weighted by molar-refractivity contribution is 5.75. The summed E-state index contributed by atoms with van der Waals surface area (Å²) < 4.78 is 13.3. The average Bonchev–Trinajstić information content (AvgIpc) is 3.19. The van der Waals surface area contributed by atoms with Gasteiger partial charge in [0.2, 0.25) is 0 Å². The van der Waals surface area contributed by atoms with Crippen LogP contribution in [0.25, 0.3) is 11.4 Å². The summed E-state index contributed by atoms with van der Waals surface area (Å²) in [6.45, 7) is 2.62. The molecule has 2 aromatic heterocycles. The summed E-state index contributed by atoms with van der Waals surface area (Å²) in [5.41, 5.74) is 2.53. The Morgan fingerprint density at radius 3 is 2.68 bits per heavy atom. The van der Waals surface area contributed by atoms with Crippen LogP contribution < -0.4 is 4.74 Å². The number of pyridine rings is 1. The molecule has 3 aliphatic carbocycles. The molecule has 0 spiro atoms. The Balaban J connectivity index is 1.24. The Morgan fingerprint density at radius 1 is 1.24 bits per heavy atom. The van der Waals surface area contributed by atoms with E-state index in [0.29, 0.717) is 41.0 Å². The van der Waals surface area contributed by atoms with E-state index in [1.807, 2.05) is 19.1 Å². The largest absolute Gasteiger partial charge is 0.488 e. The number of aryl methyl sites for hydroxylation is 2. The summed E-state index contributed by atoms with van der Waals surface area (Å²) in [4.78, 5) is 30.1. The SMILES string of the molecule is Cc1nc(-c2nnn(C)c2COC(=O)N(C)CC2CCC2)ccc1O[C@@H]1CC[C@@H]2C(C(=O)O)[C@@H]21. The second-order valence-corrected chi connectivity index (χ2v) is 9.86. The van der Waals surface area contributed by atoms with E-state index < -0.39 is 5.97 Å². The molecule has 0 bridgehead atoms. The third-order valence-electron chi connectivity index (χ3n) is 7.63. The van der Waals surface area contributed by atoms with Crippen LogP contribution in [0.3, 0.4) is 0 Å². The van der Waals surface area contributed by atoms with Crippen LogP contribution in [-0.2, 0) is 23.2 Å². The maximum absolute atomic E-state index is 12.4. The molecule has 4 atom stereocenters. The first-order chi connectivity index (χ1) is 16.3. The maximum atomic E-state index is 12.4. The fraction of sp³-hybridized carbons (Fsp3) is 0.625. The smallest absolute Gasteiger partial charge is 0.409 e. The third kappa shape index (κ3) is 4.21. The van der Waals surface area contributed by atoms with Crippen LogP contribution in [0.4, 0.5) is 4.79 Å². The highest BCUT2D eigenvalue weighted by Crippen LogP contribution is 2.58. The highest BCUT2D eigenvalue weighted by Gasteiger charge is 2.63. The standard InChI is InChI=1S/C24H31N5O5/c1-13-18(34-19-9-7-15-20(19)21(15)23(30)31)10-8-16(25-13)22-17(29(3)27-26-22)12-33-24(32)28(2)11-14-5-4-6-14/h8,10,14-15,19-21H,4-7,9,11-12H2,1-3H3,(H,30,31)/t15-,19+,20-,21?/m0/s1. The van der Waals surface area contributed by atoms with E-state index in [9.17, 15) is 14.7 Å². The minimum Gasteiger partial charge on any atom is -0.488 e. The number of carbonyl (C=O) groups is 2. The van der Waals surface area contributed by atoms with Crippen molar-refractivity contribution in [2.75, 3.05) is 13.6 Å². The molecular formula is C24H31N5O5. The number of fused-ring (bicyclic) bond motifs is 1. The summed E-state index contributed by atoms with van der Waals surface area (Å²) in [6, 6.07) is 3.66. The van der Waals surface area contributed by atoms with E-state index >= 15 is 0 Å². The second-order valence-electron chi connectivity index (χ2n) is 9.86. The van der Waals surface area contributed by atoms with Crippen molar-refractivity contribution in [2.24, 2.45) is 30.7 Å². The van der Waals surface area contributed by atoms with Gasteiger partial charge in [-0.25, -0.2) is 14.5 Å². The van der Waals surface area contributed by atoms with E-state index in [2.05, 4.69) is 15.3 Å². The molecule has 3 saturated carbocycles. The lowest BCUT2D eigenvalue weighted by molar-refractivity contribution is -0.139. The first kappa shape index (κ1) is 22.6. The molecule has 182 valence electrons. The predicted octanol–water partition coefficient (Wildman–Crippen LogP) is 3.04. The lowest BCUT2D eigenvalue weighted by Gasteiger charge is -2.29. The first-order valence-corrected chi connectivity index (χ1v) is 12.0. The number of carboxylic acids is 1. The summed E-state index contributed by atoms with van der Waals surface area (Å²) in [5.74, 6) is 0.569. The van der Waals surface area contributed by atoms with Crippen LogP contribution in [-0.4, -0.2) is 61.7 Å². The zero-order valence-electron chi connectivity index (χ0n) is 19.8. The van der Waals surface area contributed by atoms with Gasteiger partial charge in [0.15, 0.2) is 0 Å². The molecule has 10 nitrogen and oxygen atoms in total. The van der Waals surface area contributed by atoms with Crippen molar-refractivity contribution in [3.05, 3.63) is 23.5 Å². The number of carboxylic acid groups (broad SMARTS) is 1. The van der Waals surface area contributed by atoms with Gasteiger partial charge in [-0.2, -0.15) is 0 Å². The van der Waals surface area contributed by atoms with Crippen LogP contribution in [0.5, 0.6) is 5.75 Å². The van der Waals surface area contributed by atoms with Crippen molar-refractivity contribution in [3.8, 4) is 17.1 Å². The predicted molar refractivity (Wildman–Crippen MR) is 121 cm³/mol. The molecule has 2 aromatic rings. The van der Waals surface area contributed by atoms with Crippen molar-refractivity contribution in [1.29, 1.82) is 0 Å². The molecule has 1 N–H and O–H groups in total. The number of hydrogen-bond acceptors (Lipinski definition) is 7. The molecule has 10 heteroatoms. The zero-order chi connectivity index (χ0) is 24.0. The normalized spacial score (nSPS) is 25.4. The molecule has 3 fully saturated rings. The Morgan fingerprint density at radius 2 is 2.03 bits per heavy atom. The van der Waals surface area contributed by atoms with E-state index in [0.717, 1.165) is 12.8 Å². The first-order valence-electron chi connectivity index (χ1n) is 12.0. The molecule has 0 radical (unpaired) electrons. The minimum absolute atomic E-state index is 0.0490. The van der Waals surface area contributed by atoms with E-state index in [1.54, 1.807) is 23.7 Å².